The van der Waals surface area contributed by atoms with Crippen LogP contribution in [0.25, 0.3) is 0 Å². The number of benzene rings is 2. The van der Waals surface area contributed by atoms with Crippen LogP contribution >= 0.6 is 11.8 Å². The quantitative estimate of drug-likeness (QED) is 0.409. The average molecular weight is 574 g/mol. The van der Waals surface area contributed by atoms with Gasteiger partial charge in [-0.2, -0.15) is 0 Å². The first kappa shape index (κ1) is 29.1. The van der Waals surface area contributed by atoms with Gasteiger partial charge in [0.05, 0.1) is 29.2 Å². The number of fused-ring (bicyclic) bond motifs is 1. The number of hydrogen-bond acceptors (Lipinski definition) is 5. The second kappa shape index (κ2) is 11.9. The van der Waals surface area contributed by atoms with E-state index in [1.165, 1.54) is 0 Å². The summed E-state index contributed by atoms with van der Waals surface area (Å²) in [5.74, 6) is -1.68. The van der Waals surface area contributed by atoms with Crippen LogP contribution in [0, 0.1) is 17.8 Å². The topological polar surface area (TPSA) is 81.2 Å². The Morgan fingerprint density at radius 3 is 2.32 bits per heavy atom. The number of para-hydroxylation sites is 1. The van der Waals surface area contributed by atoms with Gasteiger partial charge in [0.1, 0.15) is 6.04 Å². The van der Waals surface area contributed by atoms with E-state index in [-0.39, 0.29) is 35.5 Å². The van der Waals surface area contributed by atoms with E-state index in [0.717, 1.165) is 17.7 Å². The predicted octanol–water partition coefficient (Wildman–Crippen LogP) is 4.14. The predicted molar refractivity (Wildman–Crippen MR) is 163 cm³/mol. The Morgan fingerprint density at radius 2 is 1.71 bits per heavy atom. The molecule has 216 valence electrons. The Bertz CT molecular complexity index is 1300. The third-order valence-electron chi connectivity index (χ3n) is 8.96. The van der Waals surface area contributed by atoms with Gasteiger partial charge in [0, 0.05) is 30.6 Å². The number of aliphatic hydroxyl groups excluding tert-OH is 1. The first-order valence-electron chi connectivity index (χ1n) is 14.3. The van der Waals surface area contributed by atoms with Crippen molar-refractivity contribution in [3.63, 3.8) is 0 Å². The van der Waals surface area contributed by atoms with E-state index in [9.17, 15) is 19.5 Å². The lowest BCUT2D eigenvalue weighted by molar-refractivity contribution is -0.145. The molecule has 3 aliphatic heterocycles. The van der Waals surface area contributed by atoms with Gasteiger partial charge in [-0.3, -0.25) is 14.4 Å². The summed E-state index contributed by atoms with van der Waals surface area (Å²) in [5.41, 5.74) is 1.74. The molecule has 3 heterocycles. The largest absolute Gasteiger partial charge is 0.394 e. The number of amides is 3. The monoisotopic (exact) mass is 573 g/mol. The van der Waals surface area contributed by atoms with Gasteiger partial charge in [0.25, 0.3) is 0 Å². The molecule has 1 N–H and O–H groups in total. The van der Waals surface area contributed by atoms with Crippen LogP contribution in [0.5, 0.6) is 0 Å². The maximum Gasteiger partial charge on any atom is 0.247 e. The Labute approximate surface area is 246 Å². The smallest absolute Gasteiger partial charge is 0.247 e. The first-order chi connectivity index (χ1) is 19.8. The lowest BCUT2D eigenvalue weighted by atomic mass is 9.65. The number of hydrogen-bond donors (Lipinski definition) is 1. The SMILES string of the molecule is C=CCN(Cc1ccccc1)C(=O)C1N([C@H](C)CO)C(=O)[C@@H]2[C@@H](C(=O)N(CC=C)c3ccccc3)[C@H]3CC(C)C12S3. The molecule has 2 aromatic rings. The Hall–Kier alpha value is -3.36. The number of carbonyl (C=O) groups is 3. The lowest BCUT2D eigenvalue weighted by Crippen LogP contribution is -2.58. The normalized spacial score (nSPS) is 28.7. The van der Waals surface area contributed by atoms with Crippen molar-refractivity contribution in [2.75, 3.05) is 24.6 Å². The van der Waals surface area contributed by atoms with Crippen molar-refractivity contribution in [2.24, 2.45) is 17.8 Å². The van der Waals surface area contributed by atoms with Crippen molar-refractivity contribution in [1.29, 1.82) is 0 Å². The summed E-state index contributed by atoms with van der Waals surface area (Å²) in [7, 11) is 0. The molecule has 3 amide bonds. The second-order valence-electron chi connectivity index (χ2n) is 11.4. The van der Waals surface area contributed by atoms with Crippen molar-refractivity contribution < 1.29 is 19.5 Å². The first-order valence-corrected chi connectivity index (χ1v) is 15.2. The number of likely N-dealkylation sites (tertiary alicyclic amines) is 1. The molecule has 41 heavy (non-hydrogen) atoms. The molecule has 0 radical (unpaired) electrons. The molecule has 3 saturated heterocycles. The minimum atomic E-state index is -0.793. The van der Waals surface area contributed by atoms with Crippen LogP contribution in [0.2, 0.25) is 0 Å². The molecule has 2 bridgehead atoms. The lowest BCUT2D eigenvalue weighted by Gasteiger charge is -2.42. The second-order valence-corrected chi connectivity index (χ2v) is 12.9. The van der Waals surface area contributed by atoms with E-state index in [1.807, 2.05) is 60.7 Å². The number of thioether (sulfide) groups is 1. The molecule has 0 aliphatic carbocycles. The zero-order valence-electron chi connectivity index (χ0n) is 23.8. The van der Waals surface area contributed by atoms with E-state index >= 15 is 0 Å². The molecule has 3 unspecified atom stereocenters. The highest BCUT2D eigenvalue weighted by Crippen LogP contribution is 2.69. The van der Waals surface area contributed by atoms with Crippen molar-refractivity contribution in [3.05, 3.63) is 91.5 Å². The summed E-state index contributed by atoms with van der Waals surface area (Å²) < 4.78 is -0.769. The van der Waals surface area contributed by atoms with Crippen LogP contribution in [-0.4, -0.2) is 74.4 Å². The molecule has 7 nitrogen and oxygen atoms in total. The highest BCUT2D eigenvalue weighted by molar-refractivity contribution is 8.02. The third kappa shape index (κ3) is 4.81. The molecule has 0 saturated carbocycles. The summed E-state index contributed by atoms with van der Waals surface area (Å²) in [6, 6.07) is 17.9. The summed E-state index contributed by atoms with van der Waals surface area (Å²) in [6.07, 6.45) is 4.14. The number of nitrogens with zero attached hydrogens (tertiary/aromatic N) is 3. The Balaban J connectivity index is 1.57. The van der Waals surface area contributed by atoms with Crippen LogP contribution in [-0.2, 0) is 20.9 Å². The third-order valence-corrected chi connectivity index (χ3v) is 11.0. The molecule has 7 atom stereocenters. The maximum absolute atomic E-state index is 14.6. The van der Waals surface area contributed by atoms with Crippen molar-refractivity contribution in [2.45, 2.75) is 48.9 Å². The van der Waals surface area contributed by atoms with E-state index in [2.05, 4.69) is 20.1 Å². The number of rotatable bonds is 11. The molecule has 5 rings (SSSR count). The minimum Gasteiger partial charge on any atom is -0.394 e. The Kier molecular flexibility index (Phi) is 8.43. The standard InChI is InChI=1S/C33H39N3O4S/c1-5-17-34(20-24-13-9-7-10-14-24)32(40)29-33-22(3)19-26(41-33)27(28(33)31(39)36(29)23(4)21-37)30(38)35(18-6-2)25-15-11-8-12-16-25/h5-16,22-23,26-29,37H,1-2,17-21H2,3-4H3/t22?,23-,26-,27+,28+,29?,33?/m1/s1. The Morgan fingerprint density at radius 1 is 1.07 bits per heavy atom. The van der Waals surface area contributed by atoms with E-state index in [1.54, 1.807) is 45.5 Å². The van der Waals surface area contributed by atoms with Crippen molar-refractivity contribution >= 4 is 35.2 Å². The fourth-order valence-electron chi connectivity index (χ4n) is 7.19. The van der Waals surface area contributed by atoms with Gasteiger partial charge >= 0.3 is 0 Å². The fourth-order valence-corrected chi connectivity index (χ4v) is 9.58. The molecule has 8 heteroatoms. The van der Waals surface area contributed by atoms with Crippen LogP contribution < -0.4 is 4.90 Å². The number of anilines is 1. The van der Waals surface area contributed by atoms with Crippen LogP contribution in [0.3, 0.4) is 0 Å². The molecular weight excluding hydrogens is 534 g/mol. The van der Waals surface area contributed by atoms with Crippen LogP contribution in [0.4, 0.5) is 5.69 Å². The van der Waals surface area contributed by atoms with Gasteiger partial charge in [0.15, 0.2) is 0 Å². The highest BCUT2D eigenvalue weighted by atomic mass is 32.2. The number of carbonyl (C=O) groups excluding carboxylic acids is 3. The molecule has 3 fully saturated rings. The molecule has 1 spiro atoms. The van der Waals surface area contributed by atoms with Gasteiger partial charge in [-0.05, 0) is 37.0 Å². The summed E-state index contributed by atoms with van der Waals surface area (Å²) >= 11 is 1.65. The van der Waals surface area contributed by atoms with Gasteiger partial charge < -0.3 is 19.8 Å². The molecular formula is C33H39N3O4S. The maximum atomic E-state index is 14.6. The van der Waals surface area contributed by atoms with Gasteiger partial charge in [-0.1, -0.05) is 67.6 Å². The van der Waals surface area contributed by atoms with E-state index in [4.69, 9.17) is 0 Å². The molecule has 2 aromatic carbocycles. The van der Waals surface area contributed by atoms with Crippen molar-refractivity contribution in [1.82, 2.24) is 9.80 Å². The molecule has 3 aliphatic rings. The zero-order valence-corrected chi connectivity index (χ0v) is 24.6. The summed E-state index contributed by atoms with van der Waals surface area (Å²) in [5, 5.41) is 10.2. The molecule has 0 aromatic heterocycles. The van der Waals surface area contributed by atoms with Gasteiger partial charge in [-0.15, -0.1) is 24.9 Å². The summed E-state index contributed by atoms with van der Waals surface area (Å²) in [6.45, 7) is 12.4. The zero-order chi connectivity index (χ0) is 29.3. The average Bonchev–Trinajstić information content (AvgIpc) is 3.59. The minimum absolute atomic E-state index is 0.0345. The summed E-state index contributed by atoms with van der Waals surface area (Å²) in [4.78, 5) is 48.4. The van der Waals surface area contributed by atoms with E-state index in [0.29, 0.717) is 19.6 Å². The highest BCUT2D eigenvalue weighted by Gasteiger charge is 2.76. The van der Waals surface area contributed by atoms with Crippen LogP contribution in [0.15, 0.2) is 86.0 Å². The van der Waals surface area contributed by atoms with Gasteiger partial charge in [0.2, 0.25) is 17.7 Å². The fraction of sp³-hybridized carbons (Fsp3) is 0.424. The van der Waals surface area contributed by atoms with Gasteiger partial charge in [-0.25, -0.2) is 0 Å². The number of aliphatic hydroxyl groups is 1. The van der Waals surface area contributed by atoms with Crippen LogP contribution in [0.1, 0.15) is 25.8 Å². The van der Waals surface area contributed by atoms with E-state index < -0.39 is 28.7 Å². The van der Waals surface area contributed by atoms with Crippen molar-refractivity contribution in [3.8, 4) is 0 Å².